The van der Waals surface area contributed by atoms with Crippen LogP contribution in [0.1, 0.15) is 17.9 Å². The first-order valence-corrected chi connectivity index (χ1v) is 12.0. The van der Waals surface area contributed by atoms with Crippen molar-refractivity contribution in [2.24, 2.45) is 0 Å². The summed E-state index contributed by atoms with van der Waals surface area (Å²) < 4.78 is 11.3. The molecule has 2 aromatic carbocycles. The van der Waals surface area contributed by atoms with Crippen LogP contribution in [0, 0.1) is 6.92 Å². The molecule has 2 amide bonds. The Morgan fingerprint density at radius 1 is 1.14 bits per heavy atom. The number of nitrogens with one attached hydrogen (secondary N) is 1. The quantitative estimate of drug-likeness (QED) is 0.518. The number of nitrogens with zero attached hydrogens (tertiary/aromatic N) is 4. The van der Waals surface area contributed by atoms with E-state index in [1.165, 1.54) is 0 Å². The summed E-state index contributed by atoms with van der Waals surface area (Å²) in [6.07, 6.45) is 2.02. The number of benzene rings is 2. The van der Waals surface area contributed by atoms with E-state index >= 15 is 0 Å². The highest BCUT2D eigenvalue weighted by Gasteiger charge is 2.24. The number of carbonyl (C=O) groups is 2. The van der Waals surface area contributed by atoms with Gasteiger partial charge in [0.2, 0.25) is 11.8 Å². The maximum Gasteiger partial charge on any atom is 0.239 e. The number of oxazole rings is 1. The van der Waals surface area contributed by atoms with Crippen LogP contribution in [0.25, 0.3) is 11.3 Å². The van der Waals surface area contributed by atoms with Gasteiger partial charge in [0.15, 0.2) is 11.7 Å². The average molecular weight is 492 g/mol. The van der Waals surface area contributed by atoms with E-state index in [1.807, 2.05) is 61.5 Å². The van der Waals surface area contributed by atoms with Crippen LogP contribution in [0.5, 0.6) is 5.75 Å². The second-order valence-corrected chi connectivity index (χ2v) is 9.02. The molecule has 9 heteroatoms. The molecule has 2 heterocycles. The molecule has 1 saturated heterocycles. The van der Waals surface area contributed by atoms with Gasteiger partial charge >= 0.3 is 0 Å². The molecule has 0 atom stereocenters. The maximum absolute atomic E-state index is 12.7. The van der Waals surface area contributed by atoms with Crippen LogP contribution in [-0.2, 0) is 16.1 Å². The highest BCUT2D eigenvalue weighted by molar-refractivity contribution is 5.85. The fourth-order valence-corrected chi connectivity index (χ4v) is 4.20. The molecule has 3 aromatic rings. The summed E-state index contributed by atoms with van der Waals surface area (Å²) in [5, 5.41) is 2.93. The van der Waals surface area contributed by atoms with Crippen LogP contribution < -0.4 is 19.9 Å². The molecule has 0 aliphatic carbocycles. The smallest absolute Gasteiger partial charge is 0.239 e. The molecule has 0 bridgehead atoms. The standard InChI is InChI=1S/C27H33N5O4/c1-19-28-17-25(36-19)23-10-9-22(15-24(23)35-4)31-12-11-27(34)32(14-13-31)18-26(33)29-16-20-5-7-21(8-6-20)30(2)3/h5-10,15,17H,11-14,16,18H2,1-4H3,(H,29,33). The summed E-state index contributed by atoms with van der Waals surface area (Å²) >= 11 is 0. The van der Waals surface area contributed by atoms with E-state index in [2.05, 4.69) is 15.2 Å². The third kappa shape index (κ3) is 5.97. The maximum atomic E-state index is 12.7. The summed E-state index contributed by atoms with van der Waals surface area (Å²) in [6.45, 7) is 3.93. The number of hydrogen-bond donors (Lipinski definition) is 1. The lowest BCUT2D eigenvalue weighted by atomic mass is 10.1. The number of rotatable bonds is 8. The van der Waals surface area contributed by atoms with E-state index in [0.29, 0.717) is 50.0 Å². The van der Waals surface area contributed by atoms with Gasteiger partial charge in [0.25, 0.3) is 0 Å². The summed E-state index contributed by atoms with van der Waals surface area (Å²) in [6, 6.07) is 13.9. The van der Waals surface area contributed by atoms with Gasteiger partial charge in [-0.2, -0.15) is 0 Å². The minimum absolute atomic E-state index is 0.0243. The number of hydrogen-bond acceptors (Lipinski definition) is 7. The van der Waals surface area contributed by atoms with Crippen LogP contribution in [0.15, 0.2) is 53.1 Å². The molecule has 1 aliphatic rings. The number of carbonyl (C=O) groups excluding carboxylic acids is 2. The fraction of sp³-hybridized carbons (Fsp3) is 0.370. The molecule has 1 aliphatic heterocycles. The van der Waals surface area contributed by atoms with Gasteiger partial charge < -0.3 is 29.2 Å². The summed E-state index contributed by atoms with van der Waals surface area (Å²) in [7, 11) is 5.59. The molecule has 36 heavy (non-hydrogen) atoms. The highest BCUT2D eigenvalue weighted by atomic mass is 16.5. The van der Waals surface area contributed by atoms with Gasteiger partial charge in [-0.3, -0.25) is 9.59 Å². The minimum atomic E-state index is -0.165. The van der Waals surface area contributed by atoms with Gasteiger partial charge in [-0.05, 0) is 29.8 Å². The minimum Gasteiger partial charge on any atom is -0.496 e. The molecule has 4 rings (SSSR count). The molecule has 1 fully saturated rings. The van der Waals surface area contributed by atoms with Crippen molar-refractivity contribution < 1.29 is 18.7 Å². The molecule has 1 N–H and O–H groups in total. The molecular formula is C27H33N5O4. The Morgan fingerprint density at radius 2 is 1.92 bits per heavy atom. The second-order valence-electron chi connectivity index (χ2n) is 9.02. The lowest BCUT2D eigenvalue weighted by Crippen LogP contribution is -2.41. The molecule has 0 radical (unpaired) electrons. The number of anilines is 2. The first-order valence-electron chi connectivity index (χ1n) is 12.0. The predicted octanol–water partition coefficient (Wildman–Crippen LogP) is 3.08. The van der Waals surface area contributed by atoms with Crippen molar-refractivity contribution in [2.45, 2.75) is 19.9 Å². The van der Waals surface area contributed by atoms with Gasteiger partial charge in [-0.1, -0.05) is 12.1 Å². The topological polar surface area (TPSA) is 91.2 Å². The molecule has 0 spiro atoms. The van der Waals surface area contributed by atoms with E-state index in [1.54, 1.807) is 25.1 Å². The summed E-state index contributed by atoms with van der Waals surface area (Å²) in [4.78, 5) is 35.3. The van der Waals surface area contributed by atoms with Gasteiger partial charge in [-0.15, -0.1) is 0 Å². The number of ether oxygens (including phenoxy) is 1. The number of methoxy groups -OCH3 is 1. The Morgan fingerprint density at radius 3 is 2.58 bits per heavy atom. The fourth-order valence-electron chi connectivity index (χ4n) is 4.20. The Balaban J connectivity index is 1.34. The number of aromatic nitrogens is 1. The number of amides is 2. The molecule has 190 valence electrons. The summed E-state index contributed by atoms with van der Waals surface area (Å²) in [5.41, 5.74) is 3.89. The van der Waals surface area contributed by atoms with Crippen molar-refractivity contribution >= 4 is 23.2 Å². The zero-order valence-electron chi connectivity index (χ0n) is 21.3. The Hall–Kier alpha value is -4.01. The van der Waals surface area contributed by atoms with E-state index in [9.17, 15) is 9.59 Å². The van der Waals surface area contributed by atoms with Crippen LogP contribution in [0.4, 0.5) is 11.4 Å². The number of aryl methyl sites for hydroxylation is 1. The molecule has 0 unspecified atom stereocenters. The van der Waals surface area contributed by atoms with E-state index < -0.39 is 0 Å². The largest absolute Gasteiger partial charge is 0.496 e. The monoisotopic (exact) mass is 491 g/mol. The molecule has 9 nitrogen and oxygen atoms in total. The lowest BCUT2D eigenvalue weighted by molar-refractivity contribution is -0.135. The van der Waals surface area contributed by atoms with Crippen LogP contribution in [0.3, 0.4) is 0 Å². The van der Waals surface area contributed by atoms with Crippen molar-refractivity contribution in [3.05, 3.63) is 60.1 Å². The predicted molar refractivity (Wildman–Crippen MR) is 139 cm³/mol. The Bertz CT molecular complexity index is 1210. The summed E-state index contributed by atoms with van der Waals surface area (Å²) in [5.74, 6) is 1.72. The molecule has 0 saturated carbocycles. The van der Waals surface area contributed by atoms with Crippen molar-refractivity contribution in [3.8, 4) is 17.1 Å². The highest BCUT2D eigenvalue weighted by Crippen LogP contribution is 2.34. The molecular weight excluding hydrogens is 458 g/mol. The van der Waals surface area contributed by atoms with Gasteiger partial charge in [-0.25, -0.2) is 4.98 Å². The Labute approximate surface area is 211 Å². The SMILES string of the molecule is COc1cc(N2CCC(=O)N(CC(=O)NCc3ccc(N(C)C)cc3)CC2)ccc1-c1cnc(C)o1. The van der Waals surface area contributed by atoms with E-state index in [-0.39, 0.29) is 18.4 Å². The van der Waals surface area contributed by atoms with Gasteiger partial charge in [0.05, 0.1) is 25.4 Å². The third-order valence-corrected chi connectivity index (χ3v) is 6.30. The van der Waals surface area contributed by atoms with Gasteiger partial charge in [0, 0.05) is 71.1 Å². The van der Waals surface area contributed by atoms with Crippen LogP contribution in [-0.4, -0.2) is 69.1 Å². The van der Waals surface area contributed by atoms with Crippen molar-refractivity contribution in [1.29, 1.82) is 0 Å². The van der Waals surface area contributed by atoms with Crippen molar-refractivity contribution in [2.75, 3.05) is 57.2 Å². The van der Waals surface area contributed by atoms with Crippen LogP contribution in [0.2, 0.25) is 0 Å². The Kier molecular flexibility index (Phi) is 7.77. The van der Waals surface area contributed by atoms with Crippen molar-refractivity contribution in [3.63, 3.8) is 0 Å². The third-order valence-electron chi connectivity index (χ3n) is 6.30. The van der Waals surface area contributed by atoms with Crippen LogP contribution >= 0.6 is 0 Å². The van der Waals surface area contributed by atoms with Crippen molar-refractivity contribution in [1.82, 2.24) is 15.2 Å². The first-order chi connectivity index (χ1) is 17.3. The zero-order valence-corrected chi connectivity index (χ0v) is 21.3. The van der Waals surface area contributed by atoms with Gasteiger partial charge in [0.1, 0.15) is 5.75 Å². The first kappa shape index (κ1) is 25.1. The van der Waals surface area contributed by atoms with E-state index in [4.69, 9.17) is 9.15 Å². The van der Waals surface area contributed by atoms with E-state index in [0.717, 1.165) is 22.5 Å². The zero-order chi connectivity index (χ0) is 25.7. The normalized spacial score (nSPS) is 13.9. The average Bonchev–Trinajstić information content (AvgIpc) is 3.23. The molecule has 1 aromatic heterocycles. The second kappa shape index (κ2) is 11.2. The lowest BCUT2D eigenvalue weighted by Gasteiger charge is -2.24.